The van der Waals surface area contributed by atoms with Crippen molar-refractivity contribution in [3.05, 3.63) is 77.0 Å². The van der Waals surface area contributed by atoms with E-state index in [0.717, 1.165) is 73.7 Å². The highest BCUT2D eigenvalue weighted by Gasteiger charge is 2.26. The van der Waals surface area contributed by atoms with E-state index in [9.17, 15) is 4.79 Å². The first-order valence-electron chi connectivity index (χ1n) is 13.5. The van der Waals surface area contributed by atoms with E-state index in [1.807, 2.05) is 36.4 Å². The summed E-state index contributed by atoms with van der Waals surface area (Å²) in [5.74, 6) is 2.67. The molecule has 0 spiro atoms. The molecule has 1 amide bonds. The Hall–Kier alpha value is -3.73. The summed E-state index contributed by atoms with van der Waals surface area (Å²) in [6, 6.07) is 14.9. The molecule has 2 aromatic carbocycles. The number of rotatable bonds is 9. The van der Waals surface area contributed by atoms with Crippen LogP contribution in [0.4, 0.5) is 4.79 Å². The lowest BCUT2D eigenvalue weighted by atomic mass is 10.1. The van der Waals surface area contributed by atoms with Crippen molar-refractivity contribution in [1.29, 1.82) is 0 Å². The van der Waals surface area contributed by atoms with Gasteiger partial charge in [0.05, 0.1) is 30.2 Å². The number of amides is 1. The molecule has 0 saturated carbocycles. The van der Waals surface area contributed by atoms with Gasteiger partial charge in [-0.25, -0.2) is 14.8 Å². The predicted octanol–water partition coefficient (Wildman–Crippen LogP) is 4.36. The number of fused-ring (bicyclic) bond motifs is 1. The Bertz CT molecular complexity index is 1480. The second-order valence-corrected chi connectivity index (χ2v) is 10.6. The van der Waals surface area contributed by atoms with Crippen LogP contribution in [-0.2, 0) is 24.2 Å². The summed E-state index contributed by atoms with van der Waals surface area (Å²) in [6.45, 7) is 4.01. The summed E-state index contributed by atoms with van der Waals surface area (Å²) in [5.41, 5.74) is 8.04. The third kappa shape index (κ3) is 6.35. The van der Waals surface area contributed by atoms with E-state index in [0.29, 0.717) is 29.6 Å². The molecule has 0 radical (unpaired) electrons. The maximum absolute atomic E-state index is 11.2. The Morgan fingerprint density at radius 1 is 1.07 bits per heavy atom. The van der Waals surface area contributed by atoms with Crippen LogP contribution in [0.1, 0.15) is 36.5 Å². The van der Waals surface area contributed by atoms with Gasteiger partial charge in [0.2, 0.25) is 5.88 Å². The van der Waals surface area contributed by atoms with E-state index in [4.69, 9.17) is 36.5 Å². The Labute approximate surface area is 237 Å². The summed E-state index contributed by atoms with van der Waals surface area (Å²) in [7, 11) is 0. The van der Waals surface area contributed by atoms with E-state index in [1.165, 1.54) is 0 Å². The molecule has 11 heteroatoms. The number of aromatic nitrogens is 4. The molecule has 1 unspecified atom stereocenters. The maximum Gasteiger partial charge on any atom is 0.409 e. The number of hydrogen-bond donors (Lipinski definition) is 1. The molecule has 40 heavy (non-hydrogen) atoms. The smallest absolute Gasteiger partial charge is 0.409 e. The van der Waals surface area contributed by atoms with Crippen LogP contribution in [0.5, 0.6) is 11.6 Å². The van der Waals surface area contributed by atoms with Gasteiger partial charge in [0.15, 0.2) is 0 Å². The number of carbonyl (C=O) groups is 1. The molecule has 2 aromatic heterocycles. The van der Waals surface area contributed by atoms with Crippen molar-refractivity contribution in [3.8, 4) is 11.6 Å². The van der Waals surface area contributed by atoms with Gasteiger partial charge in [0.1, 0.15) is 23.5 Å². The van der Waals surface area contributed by atoms with Crippen LogP contribution in [0.3, 0.4) is 0 Å². The summed E-state index contributed by atoms with van der Waals surface area (Å²) >= 11 is 6.00. The zero-order chi connectivity index (χ0) is 27.5. The lowest BCUT2D eigenvalue weighted by Crippen LogP contribution is -2.39. The zero-order valence-electron chi connectivity index (χ0n) is 22.0. The second-order valence-electron chi connectivity index (χ2n) is 10.2. The molecule has 2 saturated heterocycles. The molecule has 10 nitrogen and oxygen atoms in total. The van der Waals surface area contributed by atoms with Gasteiger partial charge in [0, 0.05) is 49.5 Å². The van der Waals surface area contributed by atoms with Crippen LogP contribution in [0.15, 0.2) is 54.7 Å². The number of imidazole rings is 1. The standard InChI is InChI=1S/C29H31ClN6O4/c30-20-3-1-19(2-4-20)15-26-32-11-7-28(34-26)39-21-8-12-35(13-9-21)18-27-33-24-16-22(40-29(31)37)5-6-25(24)36(27)17-23-10-14-38-23/h1-7,11,16,21,23H,8-10,12-15,17-18H2,(H2,31,37). The first kappa shape index (κ1) is 26.5. The number of benzene rings is 2. The molecule has 2 fully saturated rings. The molecule has 1 atom stereocenters. The van der Waals surface area contributed by atoms with Crippen molar-refractivity contribution in [3.63, 3.8) is 0 Å². The molecule has 4 heterocycles. The van der Waals surface area contributed by atoms with E-state index in [2.05, 4.69) is 19.4 Å². The Kier molecular flexibility index (Phi) is 7.81. The van der Waals surface area contributed by atoms with E-state index < -0.39 is 6.09 Å². The number of hydrogen-bond acceptors (Lipinski definition) is 8. The van der Waals surface area contributed by atoms with Crippen molar-refractivity contribution < 1.29 is 19.0 Å². The Morgan fingerprint density at radius 2 is 1.88 bits per heavy atom. The van der Waals surface area contributed by atoms with Crippen molar-refractivity contribution in [2.75, 3.05) is 19.7 Å². The van der Waals surface area contributed by atoms with Gasteiger partial charge in [-0.15, -0.1) is 0 Å². The number of nitrogens with two attached hydrogens (primary N) is 1. The van der Waals surface area contributed by atoms with Crippen LogP contribution in [-0.4, -0.2) is 62.4 Å². The first-order chi connectivity index (χ1) is 19.5. The lowest BCUT2D eigenvalue weighted by Gasteiger charge is -2.32. The largest absolute Gasteiger partial charge is 0.474 e. The van der Waals surface area contributed by atoms with E-state index in [1.54, 1.807) is 18.3 Å². The topological polar surface area (TPSA) is 118 Å². The third-order valence-corrected chi connectivity index (χ3v) is 7.59. The number of primary amides is 1. The minimum atomic E-state index is -0.841. The molecule has 0 bridgehead atoms. The highest BCUT2D eigenvalue weighted by molar-refractivity contribution is 6.30. The normalized spacial score (nSPS) is 18.0. The molecular formula is C29H31ClN6O4. The van der Waals surface area contributed by atoms with Crippen LogP contribution in [0.2, 0.25) is 5.02 Å². The lowest BCUT2D eigenvalue weighted by molar-refractivity contribution is -0.0592. The van der Waals surface area contributed by atoms with Crippen molar-refractivity contribution >= 4 is 28.7 Å². The molecule has 0 aliphatic carbocycles. The SMILES string of the molecule is NC(=O)Oc1ccc2c(c1)nc(CN1CCC(Oc3ccnc(Cc4ccc(Cl)cc4)n3)CC1)n2CC1CCO1. The Balaban J connectivity index is 1.08. The summed E-state index contributed by atoms with van der Waals surface area (Å²) in [4.78, 5) is 27.5. The van der Waals surface area contributed by atoms with Gasteiger partial charge >= 0.3 is 6.09 Å². The number of nitrogens with zero attached hydrogens (tertiary/aromatic N) is 5. The van der Waals surface area contributed by atoms with E-state index >= 15 is 0 Å². The minimum absolute atomic E-state index is 0.0882. The van der Waals surface area contributed by atoms with Gasteiger partial charge in [-0.05, 0) is 49.1 Å². The fraction of sp³-hybridized carbons (Fsp3) is 0.379. The molecular weight excluding hydrogens is 532 g/mol. The van der Waals surface area contributed by atoms with Gasteiger partial charge in [-0.1, -0.05) is 23.7 Å². The molecule has 2 aliphatic rings. The van der Waals surface area contributed by atoms with Crippen molar-refractivity contribution in [2.45, 2.75) is 51.0 Å². The predicted molar refractivity (Wildman–Crippen MR) is 150 cm³/mol. The van der Waals surface area contributed by atoms with Crippen molar-refractivity contribution in [2.24, 2.45) is 5.73 Å². The van der Waals surface area contributed by atoms with Gasteiger partial charge in [-0.3, -0.25) is 4.90 Å². The van der Waals surface area contributed by atoms with Crippen LogP contribution >= 0.6 is 11.6 Å². The first-order valence-corrected chi connectivity index (χ1v) is 13.9. The van der Waals surface area contributed by atoms with Crippen LogP contribution in [0.25, 0.3) is 11.0 Å². The number of ether oxygens (including phenoxy) is 3. The number of halogens is 1. The molecule has 2 aliphatic heterocycles. The minimum Gasteiger partial charge on any atom is -0.474 e. The van der Waals surface area contributed by atoms with Crippen molar-refractivity contribution in [1.82, 2.24) is 24.4 Å². The fourth-order valence-corrected chi connectivity index (χ4v) is 5.29. The zero-order valence-corrected chi connectivity index (χ0v) is 22.8. The second kappa shape index (κ2) is 11.8. The summed E-state index contributed by atoms with van der Waals surface area (Å²) in [6.07, 6.45) is 4.62. The molecule has 208 valence electrons. The van der Waals surface area contributed by atoms with Crippen LogP contribution < -0.4 is 15.2 Å². The van der Waals surface area contributed by atoms with Gasteiger partial charge in [-0.2, -0.15) is 4.98 Å². The number of carbonyl (C=O) groups excluding carboxylic acids is 1. The maximum atomic E-state index is 11.2. The fourth-order valence-electron chi connectivity index (χ4n) is 5.17. The van der Waals surface area contributed by atoms with Gasteiger partial charge in [0.25, 0.3) is 0 Å². The summed E-state index contributed by atoms with van der Waals surface area (Å²) in [5, 5.41) is 0.710. The average molecular weight is 563 g/mol. The molecule has 4 aromatic rings. The average Bonchev–Trinajstić information content (AvgIpc) is 3.24. The highest BCUT2D eigenvalue weighted by Crippen LogP contribution is 2.26. The Morgan fingerprint density at radius 3 is 2.60 bits per heavy atom. The van der Waals surface area contributed by atoms with Gasteiger partial charge < -0.3 is 24.5 Å². The monoisotopic (exact) mass is 562 g/mol. The highest BCUT2D eigenvalue weighted by atomic mass is 35.5. The summed E-state index contributed by atoms with van der Waals surface area (Å²) < 4.78 is 19.3. The number of likely N-dealkylation sites (tertiary alicyclic amines) is 1. The third-order valence-electron chi connectivity index (χ3n) is 7.34. The van der Waals surface area contributed by atoms with E-state index in [-0.39, 0.29) is 12.2 Å². The quantitative estimate of drug-likeness (QED) is 0.320. The molecule has 6 rings (SSSR count). The molecule has 2 N–H and O–H groups in total. The van der Waals surface area contributed by atoms with Crippen LogP contribution in [0, 0.1) is 0 Å². The number of piperidine rings is 1.